The summed E-state index contributed by atoms with van der Waals surface area (Å²) < 4.78 is 10.8. The summed E-state index contributed by atoms with van der Waals surface area (Å²) in [7, 11) is 1.33. The van der Waals surface area contributed by atoms with E-state index >= 15 is 0 Å². The van der Waals surface area contributed by atoms with Crippen molar-refractivity contribution in [1.29, 1.82) is 0 Å². The van der Waals surface area contributed by atoms with Gasteiger partial charge in [-0.1, -0.05) is 18.1 Å². The van der Waals surface area contributed by atoms with Crippen LogP contribution in [0.5, 0.6) is 0 Å². The fourth-order valence-electron chi connectivity index (χ4n) is 7.38. The Kier molecular flexibility index (Phi) is 3.50. The van der Waals surface area contributed by atoms with Gasteiger partial charge in [-0.05, 0) is 50.4 Å². The molecule has 0 unspecified atom stereocenters. The molecule has 0 aromatic heterocycles. The minimum absolute atomic E-state index is 0.0835. The minimum Gasteiger partial charge on any atom is -0.468 e. The van der Waals surface area contributed by atoms with Crippen molar-refractivity contribution in [3.63, 3.8) is 0 Å². The van der Waals surface area contributed by atoms with Gasteiger partial charge in [0.15, 0.2) is 5.78 Å². The number of ether oxygens (including phenoxy) is 2. The third-order valence-corrected chi connectivity index (χ3v) is 8.22. The lowest BCUT2D eigenvalue weighted by atomic mass is 9.42. The van der Waals surface area contributed by atoms with E-state index in [1.165, 1.54) is 7.11 Å². The molecule has 0 aromatic carbocycles. The first-order valence-corrected chi connectivity index (χ1v) is 10.2. The molecule has 1 saturated heterocycles. The summed E-state index contributed by atoms with van der Waals surface area (Å²) >= 11 is 0. The minimum atomic E-state index is -1.58. The van der Waals surface area contributed by atoms with Crippen LogP contribution in [-0.4, -0.2) is 35.7 Å². The van der Waals surface area contributed by atoms with E-state index in [-0.39, 0.29) is 24.1 Å². The second-order valence-electron chi connectivity index (χ2n) is 9.04. The Morgan fingerprint density at radius 2 is 2.07 bits per heavy atom. The molecule has 0 bridgehead atoms. The molecule has 27 heavy (non-hydrogen) atoms. The number of hydrogen-bond acceptors (Lipinski definition) is 6. The van der Waals surface area contributed by atoms with Gasteiger partial charge in [-0.25, -0.2) is 0 Å². The van der Waals surface area contributed by atoms with Gasteiger partial charge in [-0.15, -0.1) is 0 Å². The van der Waals surface area contributed by atoms with Crippen molar-refractivity contribution in [1.82, 2.24) is 0 Å². The quantitative estimate of drug-likeness (QED) is 0.430. The average Bonchev–Trinajstić information content (AvgIpc) is 2.88. The van der Waals surface area contributed by atoms with Crippen LogP contribution in [0.1, 0.15) is 57.8 Å². The summed E-state index contributed by atoms with van der Waals surface area (Å²) in [6.45, 7) is 0. The summed E-state index contributed by atoms with van der Waals surface area (Å²) in [6.07, 6.45) is 7.76. The van der Waals surface area contributed by atoms with Crippen LogP contribution >= 0.6 is 0 Å². The van der Waals surface area contributed by atoms with Gasteiger partial charge in [0.2, 0.25) is 5.79 Å². The second-order valence-corrected chi connectivity index (χ2v) is 9.04. The van der Waals surface area contributed by atoms with Gasteiger partial charge in [0.25, 0.3) is 0 Å². The Morgan fingerprint density at radius 1 is 1.26 bits per heavy atom. The molecule has 6 heteroatoms. The monoisotopic (exact) mass is 374 g/mol. The highest BCUT2D eigenvalue weighted by Crippen LogP contribution is 2.70. The molecule has 6 atom stereocenters. The number of rotatable bonds is 1. The zero-order valence-corrected chi connectivity index (χ0v) is 15.7. The zero-order valence-electron chi connectivity index (χ0n) is 15.7. The van der Waals surface area contributed by atoms with Gasteiger partial charge >= 0.3 is 11.9 Å². The first-order valence-electron chi connectivity index (χ1n) is 10.2. The molecule has 5 rings (SSSR count). The van der Waals surface area contributed by atoms with E-state index in [1.807, 2.05) is 0 Å². The molecule has 1 N–H and O–H groups in total. The van der Waals surface area contributed by atoms with Gasteiger partial charge in [0.05, 0.1) is 12.5 Å². The molecular formula is C21H26O6. The normalized spacial score (nSPS) is 47.9. The fraction of sp³-hybridized carbons (Fsp3) is 0.762. The van der Waals surface area contributed by atoms with Gasteiger partial charge in [-0.2, -0.15) is 0 Å². The van der Waals surface area contributed by atoms with Crippen LogP contribution in [0.15, 0.2) is 11.6 Å². The first kappa shape index (κ1) is 17.4. The Morgan fingerprint density at radius 3 is 2.85 bits per heavy atom. The molecule has 3 saturated carbocycles. The Bertz CT molecular complexity index is 761. The van der Waals surface area contributed by atoms with Crippen LogP contribution in [0.25, 0.3) is 0 Å². The predicted molar refractivity (Wildman–Crippen MR) is 93.0 cm³/mol. The predicted octanol–water partition coefficient (Wildman–Crippen LogP) is 2.29. The molecule has 146 valence electrons. The average molecular weight is 374 g/mol. The maximum absolute atomic E-state index is 13.3. The number of Topliss-reactive ketones (excluding diaryl/α,β-unsaturated/α-hetero) is 1. The van der Waals surface area contributed by atoms with Crippen molar-refractivity contribution >= 4 is 17.7 Å². The number of ketones is 1. The first-order chi connectivity index (χ1) is 12.9. The fourth-order valence-corrected chi connectivity index (χ4v) is 7.38. The van der Waals surface area contributed by atoms with Crippen molar-refractivity contribution in [2.24, 2.45) is 28.6 Å². The van der Waals surface area contributed by atoms with E-state index in [9.17, 15) is 19.5 Å². The molecule has 0 amide bonds. The third kappa shape index (κ3) is 1.83. The van der Waals surface area contributed by atoms with Gasteiger partial charge in [0.1, 0.15) is 5.41 Å². The number of carbonyl (C=O) groups is 3. The summed E-state index contributed by atoms with van der Waals surface area (Å²) in [4.78, 5) is 39.5. The van der Waals surface area contributed by atoms with Crippen LogP contribution < -0.4 is 0 Å². The van der Waals surface area contributed by atoms with Crippen LogP contribution in [0.4, 0.5) is 0 Å². The number of carbonyl (C=O) groups excluding carboxylic acids is 3. The number of fused-ring (bicyclic) bond motifs is 2. The Hall–Kier alpha value is -1.69. The van der Waals surface area contributed by atoms with Crippen molar-refractivity contribution in [3.05, 3.63) is 11.6 Å². The lowest BCUT2D eigenvalue weighted by molar-refractivity contribution is -0.257. The van der Waals surface area contributed by atoms with Crippen LogP contribution in [0.3, 0.4) is 0 Å². The highest BCUT2D eigenvalue weighted by atomic mass is 16.7. The maximum atomic E-state index is 13.3. The third-order valence-electron chi connectivity index (χ3n) is 8.22. The number of esters is 2. The molecule has 0 aromatic rings. The van der Waals surface area contributed by atoms with Crippen molar-refractivity contribution in [2.45, 2.75) is 63.6 Å². The molecule has 5 aliphatic rings. The SMILES string of the molecule is COC(=O)[C@]12C(=O)CCC[C@H]1C[C@@]1(O)OC(=O)[C@@]34CCCCC3=CC[C@H]2[C@H]41. The summed E-state index contributed by atoms with van der Waals surface area (Å²) in [5.41, 5.74) is -1.10. The van der Waals surface area contributed by atoms with Crippen molar-refractivity contribution < 1.29 is 29.0 Å². The largest absolute Gasteiger partial charge is 0.468 e. The van der Waals surface area contributed by atoms with Crippen molar-refractivity contribution in [2.75, 3.05) is 7.11 Å². The molecular weight excluding hydrogens is 348 g/mol. The number of methoxy groups -OCH3 is 1. The highest BCUT2D eigenvalue weighted by Gasteiger charge is 2.78. The van der Waals surface area contributed by atoms with E-state index in [4.69, 9.17) is 9.47 Å². The van der Waals surface area contributed by atoms with E-state index in [2.05, 4.69) is 6.08 Å². The maximum Gasteiger partial charge on any atom is 0.319 e. The summed E-state index contributed by atoms with van der Waals surface area (Å²) in [5, 5.41) is 11.5. The van der Waals surface area contributed by atoms with Crippen molar-refractivity contribution in [3.8, 4) is 0 Å². The van der Waals surface area contributed by atoms with Crippen LogP contribution in [0, 0.1) is 28.6 Å². The lowest BCUT2D eigenvalue weighted by Gasteiger charge is -2.58. The van der Waals surface area contributed by atoms with Crippen LogP contribution in [-0.2, 0) is 23.9 Å². The molecule has 4 fully saturated rings. The topological polar surface area (TPSA) is 89.9 Å². The number of hydrogen-bond donors (Lipinski definition) is 1. The Balaban J connectivity index is 1.75. The van der Waals surface area contributed by atoms with E-state index in [1.54, 1.807) is 0 Å². The van der Waals surface area contributed by atoms with Gasteiger partial charge in [-0.3, -0.25) is 14.4 Å². The number of aliphatic hydroxyl groups is 1. The standard InChI is InChI=1S/C21H26O6/c1-26-18(24)21-13(6-4-7-15(21)22)11-20(25)16-14(21)9-8-12-5-2-3-10-19(12,16)17(23)27-20/h8,13-14,16,25H,2-7,9-11H2,1H3/t13-,14-,16+,19-,20+,21+/m0/s1. The summed E-state index contributed by atoms with van der Waals surface area (Å²) in [6, 6.07) is 0. The van der Waals surface area contributed by atoms with E-state index in [0.29, 0.717) is 32.1 Å². The molecule has 1 heterocycles. The van der Waals surface area contributed by atoms with Gasteiger partial charge < -0.3 is 14.6 Å². The molecule has 0 radical (unpaired) electrons. The molecule has 1 aliphatic heterocycles. The Labute approximate surface area is 158 Å². The van der Waals surface area contributed by atoms with Gasteiger partial charge in [0, 0.05) is 18.8 Å². The number of allylic oxidation sites excluding steroid dienone is 1. The smallest absolute Gasteiger partial charge is 0.319 e. The van der Waals surface area contributed by atoms with E-state index < -0.39 is 34.4 Å². The highest BCUT2D eigenvalue weighted by molar-refractivity contribution is 6.05. The molecule has 6 nitrogen and oxygen atoms in total. The molecule has 1 spiro atoms. The second kappa shape index (κ2) is 5.43. The molecule has 4 aliphatic carbocycles. The zero-order chi connectivity index (χ0) is 19.0. The summed E-state index contributed by atoms with van der Waals surface area (Å²) in [5.74, 6) is -3.87. The lowest BCUT2D eigenvalue weighted by Crippen LogP contribution is -2.66. The van der Waals surface area contributed by atoms with Crippen LogP contribution in [0.2, 0.25) is 0 Å². The van der Waals surface area contributed by atoms with E-state index in [0.717, 1.165) is 24.8 Å².